The highest BCUT2D eigenvalue weighted by Crippen LogP contribution is 2.36. The topological polar surface area (TPSA) is 51.3 Å². The standard InChI is InChI=1S/C21H19NO3/c1-3-13-25-21-18(15-7-5-4-6-8-15)14-19(23)22-20(21)16-9-11-17(24-2)12-10-16/h3-12,14H,1,13H2,2H3,(H,22,23). The zero-order valence-electron chi connectivity index (χ0n) is 14.0. The van der Waals surface area contributed by atoms with Gasteiger partial charge in [0.25, 0.3) is 0 Å². The van der Waals surface area contributed by atoms with Gasteiger partial charge < -0.3 is 14.5 Å². The summed E-state index contributed by atoms with van der Waals surface area (Å²) in [4.78, 5) is 15.1. The molecule has 4 heteroatoms. The van der Waals surface area contributed by atoms with E-state index in [1.807, 2.05) is 54.6 Å². The number of pyridine rings is 1. The summed E-state index contributed by atoms with van der Waals surface area (Å²) in [6, 6.07) is 18.7. The summed E-state index contributed by atoms with van der Waals surface area (Å²) in [7, 11) is 1.62. The van der Waals surface area contributed by atoms with Gasteiger partial charge in [0.05, 0.1) is 12.8 Å². The third-order valence-electron chi connectivity index (χ3n) is 3.80. The van der Waals surface area contributed by atoms with Crippen LogP contribution >= 0.6 is 0 Å². The van der Waals surface area contributed by atoms with Crippen LogP contribution in [0.25, 0.3) is 22.4 Å². The number of H-pyrrole nitrogens is 1. The second-order valence-corrected chi connectivity index (χ2v) is 5.45. The molecular formula is C21H19NO3. The van der Waals surface area contributed by atoms with E-state index < -0.39 is 0 Å². The molecule has 0 aliphatic rings. The summed E-state index contributed by atoms with van der Waals surface area (Å²) in [5.41, 5.74) is 2.96. The molecule has 1 N–H and O–H groups in total. The van der Waals surface area contributed by atoms with E-state index in [0.717, 1.165) is 22.4 Å². The van der Waals surface area contributed by atoms with E-state index in [0.29, 0.717) is 18.1 Å². The Hall–Kier alpha value is -3.27. The summed E-state index contributed by atoms with van der Waals surface area (Å²) >= 11 is 0. The van der Waals surface area contributed by atoms with Gasteiger partial charge in [0.15, 0.2) is 5.75 Å². The highest BCUT2D eigenvalue weighted by Gasteiger charge is 2.15. The average Bonchev–Trinajstić information content (AvgIpc) is 2.67. The van der Waals surface area contributed by atoms with Crippen molar-refractivity contribution >= 4 is 0 Å². The monoisotopic (exact) mass is 333 g/mol. The Bertz CT molecular complexity index is 912. The van der Waals surface area contributed by atoms with Crippen molar-refractivity contribution in [3.05, 3.63) is 83.7 Å². The van der Waals surface area contributed by atoms with Crippen LogP contribution in [0.5, 0.6) is 11.5 Å². The van der Waals surface area contributed by atoms with Gasteiger partial charge in [-0.2, -0.15) is 0 Å². The van der Waals surface area contributed by atoms with Crippen molar-refractivity contribution in [1.82, 2.24) is 4.98 Å². The largest absolute Gasteiger partial charge is 0.497 e. The molecule has 0 unspecified atom stereocenters. The number of aromatic amines is 1. The Kier molecular flexibility index (Phi) is 5.00. The molecule has 3 rings (SSSR count). The fraction of sp³-hybridized carbons (Fsp3) is 0.0952. The minimum Gasteiger partial charge on any atom is -0.497 e. The Morgan fingerprint density at radius 1 is 1.04 bits per heavy atom. The maximum atomic E-state index is 12.3. The van der Waals surface area contributed by atoms with Crippen LogP contribution < -0.4 is 15.0 Å². The van der Waals surface area contributed by atoms with Crippen molar-refractivity contribution in [3.8, 4) is 33.9 Å². The molecule has 2 aromatic carbocycles. The van der Waals surface area contributed by atoms with E-state index >= 15 is 0 Å². The number of hydrogen-bond donors (Lipinski definition) is 1. The summed E-state index contributed by atoms with van der Waals surface area (Å²) in [6.07, 6.45) is 1.68. The number of aromatic nitrogens is 1. The first-order chi connectivity index (χ1) is 12.2. The van der Waals surface area contributed by atoms with Crippen LogP contribution in [-0.4, -0.2) is 18.7 Å². The molecule has 0 aliphatic heterocycles. The third kappa shape index (κ3) is 3.63. The minimum absolute atomic E-state index is 0.185. The third-order valence-corrected chi connectivity index (χ3v) is 3.80. The van der Waals surface area contributed by atoms with Crippen LogP contribution in [0.2, 0.25) is 0 Å². The first kappa shape index (κ1) is 16.6. The van der Waals surface area contributed by atoms with Crippen molar-refractivity contribution < 1.29 is 9.47 Å². The molecule has 0 saturated heterocycles. The van der Waals surface area contributed by atoms with Crippen molar-refractivity contribution in [2.75, 3.05) is 13.7 Å². The summed E-state index contributed by atoms with van der Waals surface area (Å²) < 4.78 is 11.1. The SMILES string of the molecule is C=CCOc1c(-c2ccccc2)cc(=O)[nH]c1-c1ccc(OC)cc1. The quantitative estimate of drug-likeness (QED) is 0.685. The molecule has 1 aromatic heterocycles. The number of benzene rings is 2. The smallest absolute Gasteiger partial charge is 0.249 e. The fourth-order valence-electron chi connectivity index (χ4n) is 2.63. The Morgan fingerprint density at radius 2 is 1.76 bits per heavy atom. The second-order valence-electron chi connectivity index (χ2n) is 5.45. The van der Waals surface area contributed by atoms with Gasteiger partial charge in [-0.3, -0.25) is 4.79 Å². The lowest BCUT2D eigenvalue weighted by molar-refractivity contribution is 0.364. The van der Waals surface area contributed by atoms with E-state index in [4.69, 9.17) is 9.47 Å². The molecule has 0 amide bonds. The lowest BCUT2D eigenvalue weighted by Crippen LogP contribution is -2.10. The van der Waals surface area contributed by atoms with E-state index in [1.165, 1.54) is 0 Å². The van der Waals surface area contributed by atoms with Crippen LogP contribution in [0.4, 0.5) is 0 Å². The number of nitrogens with one attached hydrogen (secondary N) is 1. The molecule has 0 atom stereocenters. The number of hydrogen-bond acceptors (Lipinski definition) is 3. The predicted octanol–water partition coefficient (Wildman–Crippen LogP) is 4.28. The second kappa shape index (κ2) is 7.53. The minimum atomic E-state index is -0.185. The first-order valence-corrected chi connectivity index (χ1v) is 7.94. The van der Waals surface area contributed by atoms with Gasteiger partial charge in [-0.25, -0.2) is 0 Å². The lowest BCUT2D eigenvalue weighted by Gasteiger charge is -2.15. The number of methoxy groups -OCH3 is 1. The lowest BCUT2D eigenvalue weighted by atomic mass is 10.0. The van der Waals surface area contributed by atoms with Crippen LogP contribution in [0.3, 0.4) is 0 Å². The van der Waals surface area contributed by atoms with Gasteiger partial charge in [-0.05, 0) is 29.8 Å². The summed E-state index contributed by atoms with van der Waals surface area (Å²) in [5.74, 6) is 1.37. The Balaban J connectivity index is 2.20. The highest BCUT2D eigenvalue weighted by atomic mass is 16.5. The molecular weight excluding hydrogens is 314 g/mol. The fourth-order valence-corrected chi connectivity index (χ4v) is 2.63. The molecule has 0 fully saturated rings. The highest BCUT2D eigenvalue weighted by molar-refractivity contribution is 5.80. The molecule has 4 nitrogen and oxygen atoms in total. The first-order valence-electron chi connectivity index (χ1n) is 7.94. The number of rotatable bonds is 6. The molecule has 1 heterocycles. The molecule has 0 radical (unpaired) electrons. The van der Waals surface area contributed by atoms with Gasteiger partial charge in [-0.1, -0.05) is 43.0 Å². The molecule has 3 aromatic rings. The van der Waals surface area contributed by atoms with E-state index in [-0.39, 0.29) is 5.56 Å². The zero-order valence-corrected chi connectivity index (χ0v) is 14.0. The molecule has 0 bridgehead atoms. The van der Waals surface area contributed by atoms with E-state index in [1.54, 1.807) is 19.3 Å². The van der Waals surface area contributed by atoms with Crippen LogP contribution in [0.1, 0.15) is 0 Å². The van der Waals surface area contributed by atoms with Crippen LogP contribution in [-0.2, 0) is 0 Å². The van der Waals surface area contributed by atoms with E-state index in [2.05, 4.69) is 11.6 Å². The molecule has 0 aliphatic carbocycles. The van der Waals surface area contributed by atoms with Crippen LogP contribution in [0, 0.1) is 0 Å². The van der Waals surface area contributed by atoms with Gasteiger partial charge in [0, 0.05) is 17.2 Å². The van der Waals surface area contributed by atoms with Gasteiger partial charge in [-0.15, -0.1) is 0 Å². The van der Waals surface area contributed by atoms with Crippen molar-refractivity contribution in [2.24, 2.45) is 0 Å². The van der Waals surface area contributed by atoms with Crippen molar-refractivity contribution in [1.29, 1.82) is 0 Å². The van der Waals surface area contributed by atoms with Gasteiger partial charge >= 0.3 is 0 Å². The predicted molar refractivity (Wildman–Crippen MR) is 100 cm³/mol. The molecule has 0 spiro atoms. The Morgan fingerprint density at radius 3 is 2.40 bits per heavy atom. The maximum Gasteiger partial charge on any atom is 0.249 e. The van der Waals surface area contributed by atoms with Gasteiger partial charge in [0.2, 0.25) is 5.56 Å². The average molecular weight is 333 g/mol. The van der Waals surface area contributed by atoms with Crippen molar-refractivity contribution in [2.45, 2.75) is 0 Å². The van der Waals surface area contributed by atoms with Gasteiger partial charge in [0.1, 0.15) is 12.4 Å². The normalized spacial score (nSPS) is 10.3. The number of ether oxygens (including phenoxy) is 2. The maximum absolute atomic E-state index is 12.3. The molecule has 126 valence electrons. The zero-order chi connectivity index (χ0) is 17.6. The Labute approximate surface area is 146 Å². The van der Waals surface area contributed by atoms with Crippen LogP contribution in [0.15, 0.2) is 78.1 Å². The van der Waals surface area contributed by atoms with E-state index in [9.17, 15) is 4.79 Å². The summed E-state index contributed by atoms with van der Waals surface area (Å²) in [5, 5.41) is 0. The van der Waals surface area contributed by atoms with Crippen molar-refractivity contribution in [3.63, 3.8) is 0 Å². The molecule has 0 saturated carbocycles. The molecule has 25 heavy (non-hydrogen) atoms. The summed E-state index contributed by atoms with van der Waals surface area (Å²) in [6.45, 7) is 4.05.